The summed E-state index contributed by atoms with van der Waals surface area (Å²) in [5.41, 5.74) is 5.40. The van der Waals surface area contributed by atoms with Gasteiger partial charge in [0.15, 0.2) is 0 Å². The van der Waals surface area contributed by atoms with Gasteiger partial charge >= 0.3 is 6.36 Å². The Bertz CT molecular complexity index is 530. The van der Waals surface area contributed by atoms with Crippen molar-refractivity contribution in [2.45, 2.75) is 19.2 Å². The zero-order valence-corrected chi connectivity index (χ0v) is 11.8. The Labute approximate surface area is 121 Å². The molecule has 0 spiro atoms. The monoisotopic (exact) mass is 352 g/mol. The van der Waals surface area contributed by atoms with E-state index in [2.05, 4.69) is 26.0 Å². The van der Waals surface area contributed by atoms with Gasteiger partial charge in [-0.3, -0.25) is 4.79 Å². The highest BCUT2D eigenvalue weighted by molar-refractivity contribution is 9.10. The summed E-state index contributed by atoms with van der Waals surface area (Å²) in [7, 11) is 0. The van der Waals surface area contributed by atoms with Gasteiger partial charge in [0.05, 0.1) is 9.89 Å². The molecule has 8 heteroatoms. The van der Waals surface area contributed by atoms with Crippen LogP contribution in [0.2, 0.25) is 0 Å². The maximum absolute atomic E-state index is 12.1. The van der Waals surface area contributed by atoms with Crippen LogP contribution in [0.25, 0.3) is 0 Å². The Morgan fingerprint density at radius 1 is 1.45 bits per heavy atom. The molecule has 1 aromatic carbocycles. The number of anilines is 1. The molecule has 0 radical (unpaired) electrons. The fourth-order valence-electron chi connectivity index (χ4n) is 1.72. The molecule has 4 nitrogen and oxygen atoms in total. The second-order valence-corrected chi connectivity index (χ2v) is 5.49. The fraction of sp³-hybridized carbons (Fsp3) is 0.417. The van der Waals surface area contributed by atoms with Gasteiger partial charge in [0, 0.05) is 12.2 Å². The van der Waals surface area contributed by atoms with E-state index in [1.807, 2.05) is 0 Å². The Hall–Kier alpha value is -1.28. The van der Waals surface area contributed by atoms with E-state index in [0.29, 0.717) is 5.69 Å². The highest BCUT2D eigenvalue weighted by Crippen LogP contribution is 2.45. The molecule has 1 aliphatic carbocycles. The molecule has 1 aromatic rings. The number of carbonyl (C=O) groups excluding carboxylic acids is 1. The molecule has 0 unspecified atom stereocenters. The molecule has 1 amide bonds. The summed E-state index contributed by atoms with van der Waals surface area (Å²) in [5.74, 6) is -0.577. The quantitative estimate of drug-likeness (QED) is 0.875. The highest BCUT2D eigenvalue weighted by atomic mass is 79.9. The first-order valence-electron chi connectivity index (χ1n) is 5.83. The molecule has 0 bridgehead atoms. The minimum Gasteiger partial charge on any atom is -0.405 e. The Balaban J connectivity index is 2.08. The topological polar surface area (TPSA) is 64.4 Å². The standard InChI is InChI=1S/C12H12BrF3N2O2/c13-8-5-7(1-2-9(8)20-12(14,15)16)18-10(19)11(6-17)3-4-11/h1-2,5H,3-4,6,17H2,(H,18,19). The summed E-state index contributed by atoms with van der Waals surface area (Å²) in [6, 6.07) is 3.83. The third kappa shape index (κ3) is 3.43. The molecule has 3 N–H and O–H groups in total. The Morgan fingerprint density at radius 2 is 2.10 bits per heavy atom. The molecule has 110 valence electrons. The van der Waals surface area contributed by atoms with Crippen molar-refractivity contribution in [2.24, 2.45) is 11.1 Å². The molecule has 0 saturated heterocycles. The fourth-order valence-corrected chi connectivity index (χ4v) is 2.18. The molecule has 20 heavy (non-hydrogen) atoms. The molecular formula is C12H12BrF3N2O2. The van der Waals surface area contributed by atoms with Gasteiger partial charge in [-0.2, -0.15) is 0 Å². The number of hydrogen-bond donors (Lipinski definition) is 2. The van der Waals surface area contributed by atoms with Crippen LogP contribution < -0.4 is 15.8 Å². The van der Waals surface area contributed by atoms with Crippen molar-refractivity contribution in [3.8, 4) is 5.75 Å². The maximum Gasteiger partial charge on any atom is 0.573 e. The van der Waals surface area contributed by atoms with Crippen molar-refractivity contribution in [1.29, 1.82) is 0 Å². The number of nitrogens with two attached hydrogens (primary N) is 1. The first-order valence-corrected chi connectivity index (χ1v) is 6.62. The average molecular weight is 353 g/mol. The molecule has 0 aliphatic heterocycles. The van der Waals surface area contributed by atoms with Crippen LogP contribution in [0.3, 0.4) is 0 Å². The van der Waals surface area contributed by atoms with Crippen molar-refractivity contribution in [3.05, 3.63) is 22.7 Å². The zero-order chi connectivity index (χ0) is 15.0. The number of amides is 1. The van der Waals surface area contributed by atoms with E-state index in [9.17, 15) is 18.0 Å². The van der Waals surface area contributed by atoms with Crippen LogP contribution in [0.1, 0.15) is 12.8 Å². The Morgan fingerprint density at radius 3 is 2.55 bits per heavy atom. The molecule has 0 heterocycles. The third-order valence-electron chi connectivity index (χ3n) is 3.14. The summed E-state index contributed by atoms with van der Waals surface area (Å²) in [6.45, 7) is 0.259. The summed E-state index contributed by atoms with van der Waals surface area (Å²) in [5, 5.41) is 2.64. The van der Waals surface area contributed by atoms with Crippen molar-refractivity contribution in [2.75, 3.05) is 11.9 Å². The van der Waals surface area contributed by atoms with Gasteiger partial charge in [0.2, 0.25) is 5.91 Å². The molecule has 2 rings (SSSR count). The van der Waals surface area contributed by atoms with E-state index in [4.69, 9.17) is 5.73 Å². The summed E-state index contributed by atoms with van der Waals surface area (Å²) in [6.07, 6.45) is -3.30. The molecule has 0 aromatic heterocycles. The van der Waals surface area contributed by atoms with Crippen molar-refractivity contribution < 1.29 is 22.7 Å². The average Bonchev–Trinajstić information content (AvgIpc) is 3.12. The van der Waals surface area contributed by atoms with E-state index in [1.54, 1.807) is 0 Å². The highest BCUT2D eigenvalue weighted by Gasteiger charge is 2.48. The van der Waals surface area contributed by atoms with Crippen molar-refractivity contribution in [3.63, 3.8) is 0 Å². The van der Waals surface area contributed by atoms with Crippen LogP contribution in [0.4, 0.5) is 18.9 Å². The molecule has 1 saturated carbocycles. The van der Waals surface area contributed by atoms with Gasteiger partial charge in [-0.15, -0.1) is 13.2 Å². The molecule has 1 aliphatic rings. The molecule has 0 atom stereocenters. The summed E-state index contributed by atoms with van der Waals surface area (Å²) in [4.78, 5) is 11.9. The van der Waals surface area contributed by atoms with Crippen molar-refractivity contribution in [1.82, 2.24) is 0 Å². The van der Waals surface area contributed by atoms with Crippen LogP contribution in [0, 0.1) is 5.41 Å². The van der Waals surface area contributed by atoms with E-state index in [-0.39, 0.29) is 22.7 Å². The second-order valence-electron chi connectivity index (χ2n) is 4.63. The van der Waals surface area contributed by atoms with Crippen molar-refractivity contribution >= 4 is 27.5 Å². The Kier molecular flexibility index (Phi) is 3.97. The lowest BCUT2D eigenvalue weighted by Crippen LogP contribution is -2.30. The van der Waals surface area contributed by atoms with Gasteiger partial charge in [-0.1, -0.05) is 0 Å². The summed E-state index contributed by atoms with van der Waals surface area (Å²) >= 11 is 2.97. The van der Waals surface area contributed by atoms with E-state index < -0.39 is 11.8 Å². The normalized spacial score (nSPS) is 16.6. The minimum absolute atomic E-state index is 0.102. The van der Waals surface area contributed by atoms with Crippen LogP contribution in [-0.4, -0.2) is 18.8 Å². The minimum atomic E-state index is -4.76. The maximum atomic E-state index is 12.1. The predicted molar refractivity (Wildman–Crippen MR) is 70.2 cm³/mol. The van der Waals surface area contributed by atoms with Crippen LogP contribution in [0.5, 0.6) is 5.75 Å². The third-order valence-corrected chi connectivity index (χ3v) is 3.76. The largest absolute Gasteiger partial charge is 0.573 e. The van der Waals surface area contributed by atoms with E-state index in [0.717, 1.165) is 18.9 Å². The number of alkyl halides is 3. The lowest BCUT2D eigenvalue weighted by molar-refractivity contribution is -0.274. The first-order chi connectivity index (χ1) is 9.26. The van der Waals surface area contributed by atoms with Gasteiger partial charge in [-0.05, 0) is 47.0 Å². The number of rotatable bonds is 4. The zero-order valence-electron chi connectivity index (χ0n) is 10.3. The van der Waals surface area contributed by atoms with Gasteiger partial charge < -0.3 is 15.8 Å². The van der Waals surface area contributed by atoms with Crippen LogP contribution in [0.15, 0.2) is 22.7 Å². The number of carbonyl (C=O) groups is 1. The van der Waals surface area contributed by atoms with Gasteiger partial charge in [0.1, 0.15) is 5.75 Å². The molecule has 1 fully saturated rings. The van der Waals surface area contributed by atoms with Crippen LogP contribution in [-0.2, 0) is 4.79 Å². The number of benzene rings is 1. The smallest absolute Gasteiger partial charge is 0.405 e. The number of nitrogens with one attached hydrogen (secondary N) is 1. The van der Waals surface area contributed by atoms with E-state index >= 15 is 0 Å². The van der Waals surface area contributed by atoms with Gasteiger partial charge in [-0.25, -0.2) is 0 Å². The number of halogens is 4. The summed E-state index contributed by atoms with van der Waals surface area (Å²) < 4.78 is 40.3. The first kappa shape index (κ1) is 15.1. The molecular weight excluding hydrogens is 341 g/mol. The predicted octanol–water partition coefficient (Wildman–Crippen LogP) is 3.03. The van der Waals surface area contributed by atoms with Crippen LogP contribution >= 0.6 is 15.9 Å². The van der Waals surface area contributed by atoms with Gasteiger partial charge in [0.25, 0.3) is 0 Å². The number of ether oxygens (including phenoxy) is 1. The lowest BCUT2D eigenvalue weighted by atomic mass is 10.1. The lowest BCUT2D eigenvalue weighted by Gasteiger charge is -2.14. The van der Waals surface area contributed by atoms with E-state index in [1.165, 1.54) is 12.1 Å². The second kappa shape index (κ2) is 5.25. The number of hydrogen-bond acceptors (Lipinski definition) is 3. The SMILES string of the molecule is NCC1(C(=O)Nc2ccc(OC(F)(F)F)c(Br)c2)CC1.